The average Bonchev–Trinajstić information content (AvgIpc) is 3.23. The number of rotatable bonds is 6. The van der Waals surface area contributed by atoms with E-state index in [9.17, 15) is 14.4 Å². The number of ether oxygens (including phenoxy) is 1. The van der Waals surface area contributed by atoms with E-state index in [1.165, 1.54) is 6.08 Å². The van der Waals surface area contributed by atoms with Gasteiger partial charge in [-0.1, -0.05) is 48.0 Å². The summed E-state index contributed by atoms with van der Waals surface area (Å²) in [6.07, 6.45) is 3.05. The van der Waals surface area contributed by atoms with E-state index in [1.807, 2.05) is 30.3 Å². The van der Waals surface area contributed by atoms with Crippen molar-refractivity contribution in [2.75, 3.05) is 11.9 Å². The lowest BCUT2D eigenvalue weighted by molar-refractivity contribution is -0.111. The average molecular weight is 480 g/mol. The minimum atomic E-state index is -0.669. The van der Waals surface area contributed by atoms with E-state index in [4.69, 9.17) is 16.3 Å². The summed E-state index contributed by atoms with van der Waals surface area (Å²) in [7, 11) is 0. The highest BCUT2D eigenvalue weighted by Gasteiger charge is 2.23. The lowest BCUT2D eigenvalue weighted by Gasteiger charge is -2.10. The summed E-state index contributed by atoms with van der Waals surface area (Å²) in [5.74, 6) is -1.08. The van der Waals surface area contributed by atoms with Crippen molar-refractivity contribution in [1.29, 1.82) is 0 Å². The first-order valence-corrected chi connectivity index (χ1v) is 11.3. The molecule has 166 valence electrons. The Morgan fingerprint density at radius 2 is 1.97 bits per heavy atom. The van der Waals surface area contributed by atoms with E-state index in [1.54, 1.807) is 42.6 Å². The molecule has 1 amide bonds. The number of fused-ring (bicyclic) bond motifs is 1. The number of aromatic nitrogens is 2. The number of hydrogen-bond acceptors (Lipinski definition) is 6. The summed E-state index contributed by atoms with van der Waals surface area (Å²) in [6.45, 7) is 1.83. The van der Waals surface area contributed by atoms with Crippen molar-refractivity contribution in [1.82, 2.24) is 9.78 Å². The van der Waals surface area contributed by atoms with Gasteiger partial charge in [0.2, 0.25) is 5.91 Å². The number of hydrogen-bond donors (Lipinski definition) is 1. The van der Waals surface area contributed by atoms with Crippen molar-refractivity contribution in [3.8, 4) is 5.69 Å². The third kappa shape index (κ3) is 4.87. The van der Waals surface area contributed by atoms with Crippen molar-refractivity contribution in [3.63, 3.8) is 0 Å². The van der Waals surface area contributed by atoms with E-state index in [0.29, 0.717) is 21.1 Å². The summed E-state index contributed by atoms with van der Waals surface area (Å²) in [5.41, 5.74) is 0.722. The quantitative estimate of drug-likeness (QED) is 0.313. The number of halogens is 1. The lowest BCUT2D eigenvalue weighted by Crippen LogP contribution is -2.25. The molecule has 0 radical (unpaired) electrons. The van der Waals surface area contributed by atoms with Crippen LogP contribution in [0.25, 0.3) is 22.5 Å². The molecule has 0 aliphatic carbocycles. The lowest BCUT2D eigenvalue weighted by atomic mass is 10.2. The van der Waals surface area contributed by atoms with Gasteiger partial charge in [0, 0.05) is 21.9 Å². The molecule has 33 heavy (non-hydrogen) atoms. The Morgan fingerprint density at radius 1 is 1.18 bits per heavy atom. The zero-order valence-electron chi connectivity index (χ0n) is 17.4. The number of benzene rings is 2. The third-order valence-electron chi connectivity index (χ3n) is 4.64. The maximum atomic E-state index is 13.4. The van der Waals surface area contributed by atoms with E-state index >= 15 is 0 Å². The maximum absolute atomic E-state index is 13.4. The minimum Gasteiger partial charge on any atom is -0.461 e. The second-order valence-electron chi connectivity index (χ2n) is 6.85. The molecule has 0 spiro atoms. The maximum Gasteiger partial charge on any atom is 0.359 e. The minimum absolute atomic E-state index is 0.0250. The van der Waals surface area contributed by atoms with Gasteiger partial charge in [-0.15, -0.1) is 11.3 Å². The predicted molar refractivity (Wildman–Crippen MR) is 130 cm³/mol. The van der Waals surface area contributed by atoms with Crippen LogP contribution in [0, 0.1) is 0 Å². The van der Waals surface area contributed by atoms with Crippen LogP contribution < -0.4 is 10.9 Å². The summed E-state index contributed by atoms with van der Waals surface area (Å²) < 4.78 is 6.22. The van der Waals surface area contributed by atoms with Gasteiger partial charge >= 0.3 is 5.97 Å². The molecule has 0 unspecified atom stereocenters. The standard InChI is InChI=1S/C24H18ClN3O4S/c1-2-32-24(31)21-18-14-33-22(26-19(29)12-11-15-7-4-3-5-8-15)20(18)23(30)28(27-21)17-10-6-9-16(25)13-17/h3-14H,2H2,1H3,(H,26,29)/b12-11+. The van der Waals surface area contributed by atoms with E-state index < -0.39 is 17.4 Å². The third-order valence-corrected chi connectivity index (χ3v) is 5.77. The van der Waals surface area contributed by atoms with Crippen LogP contribution in [0.5, 0.6) is 0 Å². The van der Waals surface area contributed by atoms with Crippen molar-refractivity contribution in [2.45, 2.75) is 6.92 Å². The van der Waals surface area contributed by atoms with Gasteiger partial charge in [-0.3, -0.25) is 9.59 Å². The fourth-order valence-electron chi connectivity index (χ4n) is 3.16. The highest BCUT2D eigenvalue weighted by molar-refractivity contribution is 7.16. The summed E-state index contributed by atoms with van der Waals surface area (Å²) >= 11 is 7.22. The molecule has 2 aromatic heterocycles. The number of anilines is 1. The number of carbonyl (C=O) groups excluding carboxylic acids is 2. The molecule has 1 N–H and O–H groups in total. The van der Waals surface area contributed by atoms with E-state index in [2.05, 4.69) is 10.4 Å². The highest BCUT2D eigenvalue weighted by Crippen LogP contribution is 2.31. The van der Waals surface area contributed by atoms with Crippen LogP contribution in [0.3, 0.4) is 0 Å². The van der Waals surface area contributed by atoms with Gasteiger partial charge in [-0.25, -0.2) is 4.79 Å². The predicted octanol–water partition coefficient (Wildman–Crippen LogP) is 4.93. The number of amides is 1. The van der Waals surface area contributed by atoms with Crippen molar-refractivity contribution >= 4 is 56.7 Å². The van der Waals surface area contributed by atoms with Gasteiger partial charge in [0.25, 0.3) is 5.56 Å². The van der Waals surface area contributed by atoms with Crippen LogP contribution in [0.1, 0.15) is 23.0 Å². The number of esters is 1. The summed E-state index contributed by atoms with van der Waals surface area (Å²) in [5, 5.41) is 9.78. The van der Waals surface area contributed by atoms with Crippen LogP contribution in [0.2, 0.25) is 5.02 Å². The van der Waals surface area contributed by atoms with Gasteiger partial charge < -0.3 is 10.1 Å². The van der Waals surface area contributed by atoms with E-state index in [0.717, 1.165) is 21.6 Å². The number of nitrogens with one attached hydrogen (secondary N) is 1. The van der Waals surface area contributed by atoms with Crippen LogP contribution in [0.4, 0.5) is 5.00 Å². The molecule has 0 aliphatic heterocycles. The first-order valence-electron chi connectivity index (χ1n) is 9.99. The SMILES string of the molecule is CCOC(=O)c1nn(-c2cccc(Cl)c2)c(=O)c2c(NC(=O)/C=C/c3ccccc3)scc12. The largest absolute Gasteiger partial charge is 0.461 e. The Bertz CT molecular complexity index is 1430. The van der Waals surface area contributed by atoms with Gasteiger partial charge in [-0.2, -0.15) is 9.78 Å². The molecule has 7 nitrogen and oxygen atoms in total. The zero-order chi connectivity index (χ0) is 23.4. The molecular weight excluding hydrogens is 462 g/mol. The molecule has 4 rings (SSSR count). The molecule has 0 fully saturated rings. The van der Waals surface area contributed by atoms with Crippen molar-refractivity contribution < 1.29 is 14.3 Å². The molecular formula is C24H18ClN3O4S. The molecule has 9 heteroatoms. The number of carbonyl (C=O) groups is 2. The smallest absolute Gasteiger partial charge is 0.359 e. The Kier molecular flexibility index (Phi) is 6.67. The zero-order valence-corrected chi connectivity index (χ0v) is 19.0. The highest BCUT2D eigenvalue weighted by atomic mass is 35.5. The van der Waals surface area contributed by atoms with Crippen LogP contribution in [-0.2, 0) is 9.53 Å². The van der Waals surface area contributed by atoms with Crippen LogP contribution in [0.15, 0.2) is 70.8 Å². The molecule has 0 aliphatic rings. The molecule has 0 atom stereocenters. The Hall–Kier alpha value is -3.75. The summed E-state index contributed by atoms with van der Waals surface area (Å²) in [6, 6.07) is 15.9. The molecule has 0 saturated heterocycles. The monoisotopic (exact) mass is 479 g/mol. The van der Waals surface area contributed by atoms with Crippen LogP contribution in [-0.4, -0.2) is 28.3 Å². The Morgan fingerprint density at radius 3 is 2.70 bits per heavy atom. The molecule has 2 heterocycles. The van der Waals surface area contributed by atoms with E-state index in [-0.39, 0.29) is 17.7 Å². The topological polar surface area (TPSA) is 90.3 Å². The van der Waals surface area contributed by atoms with Gasteiger partial charge in [-0.05, 0) is 36.8 Å². The Labute approximate surface area is 197 Å². The number of thiophene rings is 1. The van der Waals surface area contributed by atoms with Crippen molar-refractivity contribution in [3.05, 3.63) is 92.7 Å². The molecule has 0 bridgehead atoms. The van der Waals surface area contributed by atoms with Gasteiger partial charge in [0.15, 0.2) is 5.69 Å². The summed E-state index contributed by atoms with van der Waals surface area (Å²) in [4.78, 5) is 38.5. The number of nitrogens with zero attached hydrogens (tertiary/aromatic N) is 2. The Balaban J connectivity index is 1.80. The normalized spacial score (nSPS) is 11.1. The van der Waals surface area contributed by atoms with Gasteiger partial charge in [0.05, 0.1) is 17.7 Å². The second-order valence-corrected chi connectivity index (χ2v) is 8.17. The van der Waals surface area contributed by atoms with Crippen molar-refractivity contribution in [2.24, 2.45) is 0 Å². The fraction of sp³-hybridized carbons (Fsp3) is 0.0833. The van der Waals surface area contributed by atoms with Gasteiger partial charge in [0.1, 0.15) is 5.00 Å². The molecule has 0 saturated carbocycles. The molecule has 4 aromatic rings. The first-order chi connectivity index (χ1) is 16.0. The first kappa shape index (κ1) is 22.4. The molecule has 2 aromatic carbocycles. The second kappa shape index (κ2) is 9.81. The fourth-order valence-corrected chi connectivity index (χ4v) is 4.29. The van der Waals surface area contributed by atoms with Crippen LogP contribution >= 0.6 is 22.9 Å².